The number of aryl methyl sites for hydroxylation is 1. The molecule has 0 radical (unpaired) electrons. The van der Waals surface area contributed by atoms with Gasteiger partial charge in [0.2, 0.25) is 0 Å². The number of benzene rings is 1. The zero-order chi connectivity index (χ0) is 13.6. The topological polar surface area (TPSA) is 35.2 Å². The fourth-order valence-electron chi connectivity index (χ4n) is 1.75. The first-order chi connectivity index (χ1) is 8.45. The molecule has 18 heavy (non-hydrogen) atoms. The van der Waals surface area contributed by atoms with Crippen LogP contribution < -0.4 is 10.5 Å². The van der Waals surface area contributed by atoms with E-state index in [-0.39, 0.29) is 6.42 Å². The third-order valence-electron chi connectivity index (χ3n) is 2.82. The lowest BCUT2D eigenvalue weighted by Gasteiger charge is -2.15. The summed E-state index contributed by atoms with van der Waals surface area (Å²) in [6, 6.07) is 5.80. The molecule has 0 saturated heterocycles. The largest absolute Gasteiger partial charge is 0.496 e. The van der Waals surface area contributed by atoms with Crippen molar-refractivity contribution in [3.8, 4) is 5.75 Å². The van der Waals surface area contributed by atoms with E-state index in [2.05, 4.69) is 0 Å². The summed E-state index contributed by atoms with van der Waals surface area (Å²) in [5.41, 5.74) is 6.05. The van der Waals surface area contributed by atoms with Gasteiger partial charge in [-0.3, -0.25) is 0 Å². The number of nitrogens with two attached hydrogens (primary N) is 1. The Kier molecular flexibility index (Phi) is 5.47. The number of unbranched alkanes of at least 4 members (excludes halogenated alkanes) is 1. The molecule has 0 amide bonds. The monoisotopic (exact) mass is 261 g/mol. The molecule has 1 aromatic carbocycles. The Morgan fingerprint density at radius 2 is 1.89 bits per heavy atom. The second-order valence-electron chi connectivity index (χ2n) is 4.21. The predicted molar refractivity (Wildman–Crippen MR) is 64.6 cm³/mol. The minimum absolute atomic E-state index is 0.0291. The van der Waals surface area contributed by atoms with Gasteiger partial charge in [-0.1, -0.05) is 24.6 Å². The first-order valence-electron chi connectivity index (χ1n) is 5.89. The number of hydrogen-bond acceptors (Lipinski definition) is 2. The fraction of sp³-hybridized carbons (Fsp3) is 0.538. The van der Waals surface area contributed by atoms with Crippen LogP contribution in [0, 0.1) is 0 Å². The SMILES string of the molecule is COc1ccccc1CCCC[C@H](N)C(F)(F)F. The Hall–Kier alpha value is -1.23. The van der Waals surface area contributed by atoms with E-state index in [0.29, 0.717) is 19.3 Å². The molecular formula is C13H18F3NO. The van der Waals surface area contributed by atoms with Crippen molar-refractivity contribution in [2.45, 2.75) is 37.9 Å². The summed E-state index contributed by atoms with van der Waals surface area (Å²) in [6.45, 7) is 0. The Balaban J connectivity index is 2.34. The van der Waals surface area contributed by atoms with Gasteiger partial charge in [0.05, 0.1) is 7.11 Å². The molecule has 0 saturated carbocycles. The van der Waals surface area contributed by atoms with Crippen molar-refractivity contribution in [3.63, 3.8) is 0 Å². The minimum Gasteiger partial charge on any atom is -0.496 e. The summed E-state index contributed by atoms with van der Waals surface area (Å²) < 4.78 is 41.7. The summed E-state index contributed by atoms with van der Waals surface area (Å²) in [7, 11) is 1.58. The van der Waals surface area contributed by atoms with Gasteiger partial charge in [0.1, 0.15) is 11.8 Å². The molecule has 2 N–H and O–H groups in total. The van der Waals surface area contributed by atoms with Crippen LogP contribution in [-0.4, -0.2) is 19.3 Å². The molecule has 2 nitrogen and oxygen atoms in total. The van der Waals surface area contributed by atoms with E-state index < -0.39 is 12.2 Å². The van der Waals surface area contributed by atoms with Crippen molar-refractivity contribution in [2.24, 2.45) is 5.73 Å². The Morgan fingerprint density at radius 1 is 1.22 bits per heavy atom. The van der Waals surface area contributed by atoms with Crippen LogP contribution in [0.4, 0.5) is 13.2 Å². The molecule has 0 aliphatic heterocycles. The molecule has 0 aliphatic rings. The van der Waals surface area contributed by atoms with Crippen LogP contribution in [0.5, 0.6) is 5.75 Å². The first-order valence-corrected chi connectivity index (χ1v) is 5.89. The van der Waals surface area contributed by atoms with Crippen molar-refractivity contribution >= 4 is 0 Å². The Bertz CT molecular complexity index is 365. The van der Waals surface area contributed by atoms with Gasteiger partial charge in [-0.25, -0.2) is 0 Å². The van der Waals surface area contributed by atoms with E-state index in [1.165, 1.54) is 0 Å². The average Bonchev–Trinajstić information content (AvgIpc) is 2.33. The molecule has 0 spiro atoms. The number of hydrogen-bond donors (Lipinski definition) is 1. The second kappa shape index (κ2) is 6.64. The van der Waals surface area contributed by atoms with Crippen molar-refractivity contribution in [2.75, 3.05) is 7.11 Å². The molecule has 0 fully saturated rings. The van der Waals surface area contributed by atoms with Crippen molar-refractivity contribution < 1.29 is 17.9 Å². The van der Waals surface area contributed by atoms with Gasteiger partial charge in [0, 0.05) is 0 Å². The highest BCUT2D eigenvalue weighted by atomic mass is 19.4. The molecule has 0 bridgehead atoms. The molecule has 1 aromatic rings. The van der Waals surface area contributed by atoms with E-state index >= 15 is 0 Å². The summed E-state index contributed by atoms with van der Waals surface area (Å²) in [4.78, 5) is 0. The number of para-hydroxylation sites is 1. The van der Waals surface area contributed by atoms with Gasteiger partial charge in [0.15, 0.2) is 0 Å². The standard InChI is InChI=1S/C13H18F3NO/c1-18-11-8-4-2-6-10(11)7-3-5-9-12(17)13(14,15)16/h2,4,6,8,12H,3,5,7,9,17H2,1H3/t12-/m0/s1. The highest BCUT2D eigenvalue weighted by Gasteiger charge is 2.35. The predicted octanol–water partition coefficient (Wildman–Crippen LogP) is 3.30. The average molecular weight is 261 g/mol. The zero-order valence-electron chi connectivity index (χ0n) is 10.3. The second-order valence-corrected chi connectivity index (χ2v) is 4.21. The lowest BCUT2D eigenvalue weighted by atomic mass is 10.0. The van der Waals surface area contributed by atoms with Crippen molar-refractivity contribution in [3.05, 3.63) is 29.8 Å². The van der Waals surface area contributed by atoms with Gasteiger partial charge in [0.25, 0.3) is 0 Å². The summed E-state index contributed by atoms with van der Waals surface area (Å²) >= 11 is 0. The number of rotatable bonds is 6. The minimum atomic E-state index is -4.29. The molecule has 0 heterocycles. The number of methoxy groups -OCH3 is 1. The molecule has 102 valence electrons. The van der Waals surface area contributed by atoms with Gasteiger partial charge < -0.3 is 10.5 Å². The number of halogens is 3. The first kappa shape index (κ1) is 14.8. The van der Waals surface area contributed by atoms with E-state index in [0.717, 1.165) is 11.3 Å². The van der Waals surface area contributed by atoms with E-state index in [9.17, 15) is 13.2 Å². The van der Waals surface area contributed by atoms with Crippen LogP contribution in [0.15, 0.2) is 24.3 Å². The van der Waals surface area contributed by atoms with Crippen LogP contribution in [0.25, 0.3) is 0 Å². The maximum atomic E-state index is 12.2. The van der Waals surface area contributed by atoms with Crippen LogP contribution in [-0.2, 0) is 6.42 Å². The summed E-state index contributed by atoms with van der Waals surface area (Å²) in [5.74, 6) is 0.776. The summed E-state index contributed by atoms with van der Waals surface area (Å²) in [6.07, 6.45) is -2.49. The van der Waals surface area contributed by atoms with Crippen LogP contribution in [0.1, 0.15) is 24.8 Å². The Labute approximate surface area is 105 Å². The van der Waals surface area contributed by atoms with Crippen molar-refractivity contribution in [1.82, 2.24) is 0 Å². The van der Waals surface area contributed by atoms with Crippen LogP contribution >= 0.6 is 0 Å². The van der Waals surface area contributed by atoms with E-state index in [1.54, 1.807) is 7.11 Å². The van der Waals surface area contributed by atoms with Gasteiger partial charge in [-0.2, -0.15) is 13.2 Å². The van der Waals surface area contributed by atoms with Crippen LogP contribution in [0.2, 0.25) is 0 Å². The van der Waals surface area contributed by atoms with E-state index in [1.807, 2.05) is 24.3 Å². The van der Waals surface area contributed by atoms with Crippen molar-refractivity contribution in [1.29, 1.82) is 0 Å². The maximum Gasteiger partial charge on any atom is 0.403 e. The molecule has 1 rings (SSSR count). The summed E-state index contributed by atoms with van der Waals surface area (Å²) in [5, 5.41) is 0. The molecule has 0 aromatic heterocycles. The third kappa shape index (κ3) is 4.56. The molecule has 0 aliphatic carbocycles. The zero-order valence-corrected chi connectivity index (χ0v) is 10.3. The Morgan fingerprint density at radius 3 is 2.50 bits per heavy atom. The molecule has 1 atom stereocenters. The normalized spacial score (nSPS) is 13.4. The molecule has 5 heteroatoms. The smallest absolute Gasteiger partial charge is 0.403 e. The molecule has 0 unspecified atom stereocenters. The molecular weight excluding hydrogens is 243 g/mol. The quantitative estimate of drug-likeness (QED) is 0.797. The van der Waals surface area contributed by atoms with Gasteiger partial charge >= 0.3 is 6.18 Å². The third-order valence-corrected chi connectivity index (χ3v) is 2.82. The highest BCUT2D eigenvalue weighted by Crippen LogP contribution is 2.23. The number of ether oxygens (including phenoxy) is 1. The van der Waals surface area contributed by atoms with Crippen LogP contribution in [0.3, 0.4) is 0 Å². The van der Waals surface area contributed by atoms with Gasteiger partial charge in [-0.05, 0) is 30.9 Å². The fourth-order valence-corrected chi connectivity index (χ4v) is 1.75. The van der Waals surface area contributed by atoms with Gasteiger partial charge in [-0.15, -0.1) is 0 Å². The number of alkyl halides is 3. The van der Waals surface area contributed by atoms with E-state index in [4.69, 9.17) is 10.5 Å². The maximum absolute atomic E-state index is 12.2. The lowest BCUT2D eigenvalue weighted by molar-refractivity contribution is -0.149. The lowest BCUT2D eigenvalue weighted by Crippen LogP contribution is -2.37. The highest BCUT2D eigenvalue weighted by molar-refractivity contribution is 5.33.